The van der Waals surface area contributed by atoms with Gasteiger partial charge >= 0.3 is 5.97 Å². The number of carbonyl (C=O) groups is 1. The SMILES string of the molecule is COC(=O)Cc1ccc(OC(C)C)cc1C. The summed E-state index contributed by atoms with van der Waals surface area (Å²) < 4.78 is 10.2. The third-order valence-electron chi connectivity index (χ3n) is 2.25. The molecule has 0 aliphatic heterocycles. The van der Waals surface area contributed by atoms with Gasteiger partial charge in [0.05, 0.1) is 19.6 Å². The monoisotopic (exact) mass is 222 g/mol. The first-order chi connectivity index (χ1) is 7.52. The Hall–Kier alpha value is -1.51. The van der Waals surface area contributed by atoms with E-state index < -0.39 is 0 Å². The second-order valence-electron chi connectivity index (χ2n) is 4.01. The van der Waals surface area contributed by atoms with Gasteiger partial charge in [-0.3, -0.25) is 4.79 Å². The van der Waals surface area contributed by atoms with Crippen molar-refractivity contribution in [3.8, 4) is 5.75 Å². The maximum atomic E-state index is 11.1. The van der Waals surface area contributed by atoms with Gasteiger partial charge in [-0.25, -0.2) is 0 Å². The van der Waals surface area contributed by atoms with Gasteiger partial charge in [-0.1, -0.05) is 6.07 Å². The van der Waals surface area contributed by atoms with Gasteiger partial charge in [-0.2, -0.15) is 0 Å². The molecule has 0 saturated heterocycles. The molecule has 0 fully saturated rings. The zero-order valence-electron chi connectivity index (χ0n) is 10.2. The number of carbonyl (C=O) groups excluding carboxylic acids is 1. The highest BCUT2D eigenvalue weighted by atomic mass is 16.5. The summed E-state index contributed by atoms with van der Waals surface area (Å²) in [5.41, 5.74) is 2.02. The Kier molecular flexibility index (Phi) is 4.35. The number of aryl methyl sites for hydroxylation is 1. The Morgan fingerprint density at radius 3 is 2.56 bits per heavy atom. The van der Waals surface area contributed by atoms with Crippen molar-refractivity contribution in [3.05, 3.63) is 29.3 Å². The molecule has 0 spiro atoms. The van der Waals surface area contributed by atoms with E-state index in [-0.39, 0.29) is 12.1 Å². The Morgan fingerprint density at radius 2 is 2.06 bits per heavy atom. The van der Waals surface area contributed by atoms with E-state index in [1.165, 1.54) is 7.11 Å². The van der Waals surface area contributed by atoms with Gasteiger partial charge < -0.3 is 9.47 Å². The summed E-state index contributed by atoms with van der Waals surface area (Å²) in [6.07, 6.45) is 0.468. The highest BCUT2D eigenvalue weighted by Crippen LogP contribution is 2.19. The molecule has 0 aliphatic carbocycles. The lowest BCUT2D eigenvalue weighted by Crippen LogP contribution is -2.08. The topological polar surface area (TPSA) is 35.5 Å². The van der Waals surface area contributed by atoms with Crippen LogP contribution in [0.5, 0.6) is 5.75 Å². The van der Waals surface area contributed by atoms with Gasteiger partial charge in [-0.05, 0) is 44.0 Å². The van der Waals surface area contributed by atoms with Gasteiger partial charge in [0.2, 0.25) is 0 Å². The largest absolute Gasteiger partial charge is 0.491 e. The van der Waals surface area contributed by atoms with Crippen molar-refractivity contribution in [1.82, 2.24) is 0 Å². The zero-order chi connectivity index (χ0) is 12.1. The van der Waals surface area contributed by atoms with Crippen molar-refractivity contribution < 1.29 is 14.3 Å². The van der Waals surface area contributed by atoms with Crippen LogP contribution in [0.15, 0.2) is 18.2 Å². The molecule has 16 heavy (non-hydrogen) atoms. The predicted molar refractivity (Wildman–Crippen MR) is 62.7 cm³/mol. The smallest absolute Gasteiger partial charge is 0.309 e. The van der Waals surface area contributed by atoms with E-state index >= 15 is 0 Å². The summed E-state index contributed by atoms with van der Waals surface area (Å²) >= 11 is 0. The predicted octanol–water partition coefficient (Wildman–Crippen LogP) is 2.50. The number of ether oxygens (including phenoxy) is 2. The standard InChI is InChI=1S/C13H18O3/c1-9(2)16-12-6-5-11(10(3)7-12)8-13(14)15-4/h5-7,9H,8H2,1-4H3. The Labute approximate surface area is 96.4 Å². The number of rotatable bonds is 4. The first-order valence-electron chi connectivity index (χ1n) is 5.36. The van der Waals surface area contributed by atoms with Crippen LogP contribution in [0.4, 0.5) is 0 Å². The molecule has 0 aromatic heterocycles. The Morgan fingerprint density at radius 1 is 1.38 bits per heavy atom. The van der Waals surface area contributed by atoms with E-state index in [4.69, 9.17) is 4.74 Å². The molecule has 0 amide bonds. The number of benzene rings is 1. The highest BCUT2D eigenvalue weighted by Gasteiger charge is 2.07. The van der Waals surface area contributed by atoms with Crippen molar-refractivity contribution in [2.45, 2.75) is 33.3 Å². The summed E-state index contributed by atoms with van der Waals surface area (Å²) in [6.45, 7) is 5.93. The van der Waals surface area contributed by atoms with Crippen LogP contribution in [-0.2, 0) is 16.0 Å². The van der Waals surface area contributed by atoms with E-state index in [1.807, 2.05) is 39.0 Å². The molecule has 88 valence electrons. The maximum Gasteiger partial charge on any atom is 0.309 e. The molecule has 0 aliphatic rings. The van der Waals surface area contributed by atoms with Crippen LogP contribution in [0.2, 0.25) is 0 Å². The fraction of sp³-hybridized carbons (Fsp3) is 0.462. The van der Waals surface area contributed by atoms with Gasteiger partial charge in [-0.15, -0.1) is 0 Å². The molecule has 1 aromatic carbocycles. The lowest BCUT2D eigenvalue weighted by atomic mass is 10.1. The fourth-order valence-corrected chi connectivity index (χ4v) is 1.44. The molecule has 0 N–H and O–H groups in total. The minimum atomic E-state index is -0.222. The average Bonchev–Trinajstić information content (AvgIpc) is 2.21. The number of esters is 1. The third-order valence-corrected chi connectivity index (χ3v) is 2.25. The summed E-state index contributed by atoms with van der Waals surface area (Å²) in [5, 5.41) is 0. The van der Waals surface area contributed by atoms with Crippen molar-refractivity contribution in [1.29, 1.82) is 0 Å². The lowest BCUT2D eigenvalue weighted by Gasteiger charge is -2.12. The minimum absolute atomic E-state index is 0.158. The summed E-state index contributed by atoms with van der Waals surface area (Å²) in [4.78, 5) is 11.1. The van der Waals surface area contributed by atoms with Gasteiger partial charge in [0.25, 0.3) is 0 Å². The number of methoxy groups -OCH3 is 1. The normalized spacial score (nSPS) is 10.3. The fourth-order valence-electron chi connectivity index (χ4n) is 1.44. The lowest BCUT2D eigenvalue weighted by molar-refractivity contribution is -0.139. The molecule has 0 heterocycles. The van der Waals surface area contributed by atoms with Crippen LogP contribution < -0.4 is 4.74 Å². The van der Waals surface area contributed by atoms with E-state index in [9.17, 15) is 4.79 Å². The number of hydrogen-bond acceptors (Lipinski definition) is 3. The zero-order valence-corrected chi connectivity index (χ0v) is 10.2. The van der Waals surface area contributed by atoms with Crippen LogP contribution in [0.25, 0.3) is 0 Å². The molecular formula is C13H18O3. The molecule has 1 rings (SSSR count). The van der Waals surface area contributed by atoms with Crippen molar-refractivity contribution in [2.24, 2.45) is 0 Å². The van der Waals surface area contributed by atoms with Crippen molar-refractivity contribution in [3.63, 3.8) is 0 Å². The quantitative estimate of drug-likeness (QED) is 0.734. The van der Waals surface area contributed by atoms with Crippen LogP contribution in [0.3, 0.4) is 0 Å². The third kappa shape index (κ3) is 3.57. The summed E-state index contributed by atoms with van der Waals surface area (Å²) in [6, 6.07) is 5.73. The van der Waals surface area contributed by atoms with Gasteiger partial charge in [0.15, 0.2) is 0 Å². The molecular weight excluding hydrogens is 204 g/mol. The molecule has 1 aromatic rings. The molecule has 0 atom stereocenters. The van der Waals surface area contributed by atoms with Crippen LogP contribution in [0.1, 0.15) is 25.0 Å². The summed E-state index contributed by atoms with van der Waals surface area (Å²) in [7, 11) is 1.40. The van der Waals surface area contributed by atoms with Gasteiger partial charge in [0, 0.05) is 0 Å². The first kappa shape index (κ1) is 12.6. The van der Waals surface area contributed by atoms with Crippen LogP contribution in [-0.4, -0.2) is 19.2 Å². The van der Waals surface area contributed by atoms with E-state index in [2.05, 4.69) is 4.74 Å². The highest BCUT2D eigenvalue weighted by molar-refractivity contribution is 5.73. The van der Waals surface area contributed by atoms with E-state index in [1.54, 1.807) is 0 Å². The Bertz CT molecular complexity index is 369. The van der Waals surface area contributed by atoms with E-state index in [0.717, 1.165) is 16.9 Å². The molecule has 0 saturated carbocycles. The molecule has 0 unspecified atom stereocenters. The second-order valence-corrected chi connectivity index (χ2v) is 4.01. The van der Waals surface area contributed by atoms with Crippen molar-refractivity contribution in [2.75, 3.05) is 7.11 Å². The van der Waals surface area contributed by atoms with Gasteiger partial charge in [0.1, 0.15) is 5.75 Å². The molecule has 3 heteroatoms. The van der Waals surface area contributed by atoms with Crippen LogP contribution in [0, 0.1) is 6.92 Å². The molecule has 3 nitrogen and oxygen atoms in total. The van der Waals surface area contributed by atoms with Crippen LogP contribution >= 0.6 is 0 Å². The average molecular weight is 222 g/mol. The first-order valence-corrected chi connectivity index (χ1v) is 5.36. The van der Waals surface area contributed by atoms with Crippen molar-refractivity contribution >= 4 is 5.97 Å². The summed E-state index contributed by atoms with van der Waals surface area (Å²) in [5.74, 6) is 0.613. The second kappa shape index (κ2) is 5.54. The molecule has 0 radical (unpaired) electrons. The maximum absolute atomic E-state index is 11.1. The minimum Gasteiger partial charge on any atom is -0.491 e. The molecule has 0 bridgehead atoms. The number of hydrogen-bond donors (Lipinski definition) is 0. The Balaban J connectivity index is 2.79. The van der Waals surface area contributed by atoms with E-state index in [0.29, 0.717) is 6.42 Å².